The van der Waals surface area contributed by atoms with E-state index in [-0.39, 0.29) is 5.91 Å². The minimum Gasteiger partial charge on any atom is -0.497 e. The molecule has 3 rings (SSSR count). The normalized spacial score (nSPS) is 17.4. The number of nitrogens with zero attached hydrogens (tertiary/aromatic N) is 3. The maximum atomic E-state index is 12.8. The minimum atomic E-state index is 0.205. The summed E-state index contributed by atoms with van der Waals surface area (Å²) in [4.78, 5) is 19.5. The second kappa shape index (κ2) is 8.59. The van der Waals surface area contributed by atoms with E-state index in [0.717, 1.165) is 49.5 Å². The monoisotopic (exact) mass is 369 g/mol. The highest BCUT2D eigenvalue weighted by molar-refractivity contribution is 5.79. The van der Waals surface area contributed by atoms with E-state index in [9.17, 15) is 4.79 Å². The Morgan fingerprint density at radius 3 is 2.93 bits per heavy atom. The summed E-state index contributed by atoms with van der Waals surface area (Å²) in [5.41, 5.74) is 2.22. The van der Waals surface area contributed by atoms with Crippen molar-refractivity contribution in [2.24, 2.45) is 5.92 Å². The van der Waals surface area contributed by atoms with Crippen LogP contribution in [0.15, 0.2) is 30.5 Å². The molecular formula is C22H31N3O2. The van der Waals surface area contributed by atoms with Crippen LogP contribution >= 0.6 is 0 Å². The Labute approximate surface area is 162 Å². The quantitative estimate of drug-likeness (QED) is 0.778. The SMILES string of the molecule is COc1cccc(CC(=O)N2CCCC(Cc3ncc(C)n3C(C)C)C2)c1. The Morgan fingerprint density at radius 2 is 2.19 bits per heavy atom. The largest absolute Gasteiger partial charge is 0.497 e. The van der Waals surface area contributed by atoms with Crippen LogP contribution in [0.1, 0.15) is 49.8 Å². The number of rotatable bonds is 6. The highest BCUT2D eigenvalue weighted by Gasteiger charge is 2.25. The maximum absolute atomic E-state index is 12.8. The number of piperidine rings is 1. The van der Waals surface area contributed by atoms with Crippen molar-refractivity contribution in [1.29, 1.82) is 0 Å². The van der Waals surface area contributed by atoms with Crippen molar-refractivity contribution in [3.8, 4) is 5.75 Å². The summed E-state index contributed by atoms with van der Waals surface area (Å²) in [6.07, 6.45) is 5.56. The van der Waals surface area contributed by atoms with Gasteiger partial charge in [0.25, 0.3) is 0 Å². The fraction of sp³-hybridized carbons (Fsp3) is 0.545. The van der Waals surface area contributed by atoms with E-state index in [2.05, 4.69) is 30.3 Å². The van der Waals surface area contributed by atoms with Crippen molar-refractivity contribution in [3.05, 3.63) is 47.5 Å². The smallest absolute Gasteiger partial charge is 0.227 e. The van der Waals surface area contributed by atoms with Crippen LogP contribution in [0.2, 0.25) is 0 Å². The summed E-state index contributed by atoms with van der Waals surface area (Å²) in [5, 5.41) is 0. The Bertz CT molecular complexity index is 782. The van der Waals surface area contributed by atoms with Gasteiger partial charge in [0, 0.05) is 37.4 Å². The standard InChI is InChI=1S/C22H31N3O2/c1-16(2)25-17(3)14-23-21(25)12-19-8-6-10-24(15-19)22(26)13-18-7-5-9-20(11-18)27-4/h5,7,9,11,14,16,19H,6,8,10,12-13,15H2,1-4H3. The summed E-state index contributed by atoms with van der Waals surface area (Å²) >= 11 is 0. The summed E-state index contributed by atoms with van der Waals surface area (Å²) in [7, 11) is 1.65. The van der Waals surface area contributed by atoms with Gasteiger partial charge in [-0.1, -0.05) is 12.1 Å². The molecule has 1 atom stereocenters. The van der Waals surface area contributed by atoms with Crippen molar-refractivity contribution in [1.82, 2.24) is 14.5 Å². The van der Waals surface area contributed by atoms with Crippen molar-refractivity contribution in [2.75, 3.05) is 20.2 Å². The molecule has 1 aliphatic heterocycles. The molecule has 27 heavy (non-hydrogen) atoms. The van der Waals surface area contributed by atoms with E-state index >= 15 is 0 Å². The zero-order valence-corrected chi connectivity index (χ0v) is 16.9. The van der Waals surface area contributed by atoms with Crippen LogP contribution in [-0.4, -0.2) is 40.6 Å². The van der Waals surface area contributed by atoms with Crippen LogP contribution in [0.4, 0.5) is 0 Å². The molecule has 1 unspecified atom stereocenters. The Hall–Kier alpha value is -2.30. The first-order valence-corrected chi connectivity index (χ1v) is 9.91. The third kappa shape index (κ3) is 4.71. The zero-order valence-electron chi connectivity index (χ0n) is 16.9. The van der Waals surface area contributed by atoms with Crippen LogP contribution < -0.4 is 4.74 Å². The molecule has 0 radical (unpaired) electrons. The van der Waals surface area contributed by atoms with Gasteiger partial charge in [-0.05, 0) is 57.2 Å². The number of hydrogen-bond donors (Lipinski definition) is 0. The lowest BCUT2D eigenvalue weighted by atomic mass is 9.94. The van der Waals surface area contributed by atoms with E-state index in [4.69, 9.17) is 4.74 Å². The molecule has 2 aromatic rings. The minimum absolute atomic E-state index is 0.205. The first-order chi connectivity index (χ1) is 13.0. The fourth-order valence-electron chi connectivity index (χ4n) is 4.14. The van der Waals surface area contributed by atoms with E-state index < -0.39 is 0 Å². The molecule has 1 aromatic carbocycles. The van der Waals surface area contributed by atoms with Crippen LogP contribution in [0.5, 0.6) is 5.75 Å². The molecule has 2 heterocycles. The third-order valence-electron chi connectivity index (χ3n) is 5.41. The Morgan fingerprint density at radius 1 is 1.37 bits per heavy atom. The topological polar surface area (TPSA) is 47.4 Å². The van der Waals surface area contributed by atoms with Gasteiger partial charge in [0.15, 0.2) is 0 Å². The first-order valence-electron chi connectivity index (χ1n) is 9.91. The molecule has 1 aromatic heterocycles. The van der Waals surface area contributed by atoms with E-state index in [1.807, 2.05) is 35.4 Å². The van der Waals surface area contributed by atoms with E-state index in [1.54, 1.807) is 7.11 Å². The van der Waals surface area contributed by atoms with Gasteiger partial charge in [0.1, 0.15) is 11.6 Å². The predicted molar refractivity (Wildman–Crippen MR) is 107 cm³/mol. The number of methoxy groups -OCH3 is 1. The number of ether oxygens (including phenoxy) is 1. The molecule has 1 fully saturated rings. The summed E-state index contributed by atoms with van der Waals surface area (Å²) in [6, 6.07) is 8.20. The van der Waals surface area contributed by atoms with Crippen molar-refractivity contribution in [3.63, 3.8) is 0 Å². The molecule has 5 nitrogen and oxygen atoms in total. The number of carbonyl (C=O) groups is 1. The number of hydrogen-bond acceptors (Lipinski definition) is 3. The third-order valence-corrected chi connectivity index (χ3v) is 5.41. The van der Waals surface area contributed by atoms with Gasteiger partial charge >= 0.3 is 0 Å². The number of aromatic nitrogens is 2. The summed E-state index contributed by atoms with van der Waals surface area (Å²) < 4.78 is 7.58. The summed E-state index contributed by atoms with van der Waals surface area (Å²) in [6.45, 7) is 8.19. The van der Waals surface area contributed by atoms with Crippen LogP contribution in [0.25, 0.3) is 0 Å². The van der Waals surface area contributed by atoms with Gasteiger partial charge in [0.2, 0.25) is 5.91 Å². The fourth-order valence-corrected chi connectivity index (χ4v) is 4.14. The van der Waals surface area contributed by atoms with Gasteiger partial charge in [-0.15, -0.1) is 0 Å². The zero-order chi connectivity index (χ0) is 19.4. The van der Waals surface area contributed by atoms with Gasteiger partial charge in [-0.3, -0.25) is 4.79 Å². The molecule has 1 aliphatic rings. The van der Waals surface area contributed by atoms with Crippen molar-refractivity contribution >= 4 is 5.91 Å². The lowest BCUT2D eigenvalue weighted by molar-refractivity contribution is -0.132. The molecule has 1 amide bonds. The van der Waals surface area contributed by atoms with E-state index in [1.165, 1.54) is 5.69 Å². The molecule has 0 saturated carbocycles. The molecule has 146 valence electrons. The number of benzene rings is 1. The van der Waals surface area contributed by atoms with Crippen LogP contribution in [-0.2, 0) is 17.6 Å². The molecule has 1 saturated heterocycles. The molecular weight excluding hydrogens is 338 g/mol. The highest BCUT2D eigenvalue weighted by Crippen LogP contribution is 2.24. The predicted octanol–water partition coefficient (Wildman–Crippen LogP) is 3.80. The van der Waals surface area contributed by atoms with Crippen LogP contribution in [0, 0.1) is 12.8 Å². The van der Waals surface area contributed by atoms with Crippen LogP contribution in [0.3, 0.4) is 0 Å². The molecule has 5 heteroatoms. The molecule has 0 aliphatic carbocycles. The Balaban J connectivity index is 1.63. The average Bonchev–Trinajstić information content (AvgIpc) is 3.02. The molecule has 0 bridgehead atoms. The van der Waals surface area contributed by atoms with Crippen molar-refractivity contribution in [2.45, 2.75) is 52.5 Å². The lowest BCUT2D eigenvalue weighted by Crippen LogP contribution is -2.41. The van der Waals surface area contributed by atoms with E-state index in [0.29, 0.717) is 18.4 Å². The van der Waals surface area contributed by atoms with Gasteiger partial charge < -0.3 is 14.2 Å². The Kier molecular flexibility index (Phi) is 6.19. The van der Waals surface area contributed by atoms with Crippen molar-refractivity contribution < 1.29 is 9.53 Å². The molecule has 0 spiro atoms. The highest BCUT2D eigenvalue weighted by atomic mass is 16.5. The summed E-state index contributed by atoms with van der Waals surface area (Å²) in [5.74, 6) is 2.63. The number of aryl methyl sites for hydroxylation is 1. The first kappa shape index (κ1) is 19.5. The average molecular weight is 370 g/mol. The van der Waals surface area contributed by atoms with Gasteiger partial charge in [-0.25, -0.2) is 4.98 Å². The van der Waals surface area contributed by atoms with Gasteiger partial charge in [0.05, 0.1) is 13.5 Å². The van der Waals surface area contributed by atoms with Gasteiger partial charge in [-0.2, -0.15) is 0 Å². The maximum Gasteiger partial charge on any atom is 0.227 e. The number of imidazole rings is 1. The second-order valence-corrected chi connectivity index (χ2v) is 7.86. The number of carbonyl (C=O) groups excluding carboxylic acids is 1. The lowest BCUT2D eigenvalue weighted by Gasteiger charge is -2.33. The molecule has 0 N–H and O–H groups in total. The number of likely N-dealkylation sites (tertiary alicyclic amines) is 1. The number of amides is 1. The second-order valence-electron chi connectivity index (χ2n) is 7.86.